The molecule has 28 heavy (non-hydrogen) atoms. The van der Waals surface area contributed by atoms with E-state index in [1.54, 1.807) is 30.3 Å². The number of nitrogens with one attached hydrogen (secondary N) is 1. The number of carbonyl (C=O) groups is 2. The van der Waals surface area contributed by atoms with Crippen molar-refractivity contribution in [3.05, 3.63) is 48.3 Å². The Morgan fingerprint density at radius 3 is 2.39 bits per heavy atom. The number of carboxylic acid groups (broad SMARTS) is 1. The van der Waals surface area contributed by atoms with Gasteiger partial charge in [0.05, 0.1) is 5.92 Å². The summed E-state index contributed by atoms with van der Waals surface area (Å²) in [4.78, 5) is 27.9. The predicted octanol–water partition coefficient (Wildman–Crippen LogP) is 4.46. The average molecular weight is 382 g/mol. The fraction of sp³-hybridized carbons (Fsp3) is 0.286. The first-order valence-corrected chi connectivity index (χ1v) is 9.20. The minimum atomic E-state index is -0.786. The van der Waals surface area contributed by atoms with E-state index in [0.29, 0.717) is 53.9 Å². The molecule has 7 heteroatoms. The third kappa shape index (κ3) is 3.74. The maximum atomic E-state index is 13.1. The number of fused-ring (bicyclic) bond motifs is 1. The molecule has 1 amide bonds. The fourth-order valence-electron chi connectivity index (χ4n) is 3.57. The van der Waals surface area contributed by atoms with E-state index in [2.05, 4.69) is 10.3 Å². The van der Waals surface area contributed by atoms with Crippen molar-refractivity contribution in [1.82, 2.24) is 4.98 Å². The van der Waals surface area contributed by atoms with E-state index in [4.69, 9.17) is 9.52 Å². The van der Waals surface area contributed by atoms with Crippen LogP contribution in [0.2, 0.25) is 0 Å². The van der Waals surface area contributed by atoms with Crippen molar-refractivity contribution in [2.24, 2.45) is 11.8 Å². The van der Waals surface area contributed by atoms with Gasteiger partial charge in [-0.3, -0.25) is 9.59 Å². The summed E-state index contributed by atoms with van der Waals surface area (Å²) < 4.78 is 18.8. The molecular formula is C21H19FN2O4. The number of amides is 1. The first kappa shape index (κ1) is 18.2. The topological polar surface area (TPSA) is 92.4 Å². The van der Waals surface area contributed by atoms with Gasteiger partial charge in [-0.15, -0.1) is 0 Å². The Hall–Kier alpha value is -3.22. The van der Waals surface area contributed by atoms with Crippen LogP contribution in [0.4, 0.5) is 10.1 Å². The zero-order valence-corrected chi connectivity index (χ0v) is 15.0. The molecular weight excluding hydrogens is 363 g/mol. The van der Waals surface area contributed by atoms with Crippen molar-refractivity contribution >= 4 is 28.7 Å². The van der Waals surface area contributed by atoms with Gasteiger partial charge in [-0.05, 0) is 62.1 Å². The maximum absolute atomic E-state index is 13.1. The lowest BCUT2D eigenvalue weighted by Gasteiger charge is -2.25. The minimum Gasteiger partial charge on any atom is -0.481 e. The summed E-state index contributed by atoms with van der Waals surface area (Å²) in [6.45, 7) is 0. The number of nitrogens with zero attached hydrogens (tertiary/aromatic N) is 1. The van der Waals surface area contributed by atoms with Crippen molar-refractivity contribution in [3.63, 3.8) is 0 Å². The second kappa shape index (κ2) is 7.42. The number of benzene rings is 2. The Morgan fingerprint density at radius 1 is 1.04 bits per heavy atom. The molecule has 6 nitrogen and oxygen atoms in total. The summed E-state index contributed by atoms with van der Waals surface area (Å²) >= 11 is 0. The van der Waals surface area contributed by atoms with Gasteiger partial charge in [0.15, 0.2) is 5.58 Å². The van der Waals surface area contributed by atoms with Gasteiger partial charge in [-0.2, -0.15) is 0 Å². The molecule has 0 radical (unpaired) electrons. The van der Waals surface area contributed by atoms with E-state index < -0.39 is 5.97 Å². The summed E-state index contributed by atoms with van der Waals surface area (Å²) in [5.41, 5.74) is 2.42. The zero-order valence-electron chi connectivity index (χ0n) is 15.0. The van der Waals surface area contributed by atoms with Crippen LogP contribution in [0.15, 0.2) is 46.9 Å². The smallest absolute Gasteiger partial charge is 0.306 e. The van der Waals surface area contributed by atoms with Crippen LogP contribution in [0.3, 0.4) is 0 Å². The van der Waals surface area contributed by atoms with Crippen molar-refractivity contribution < 1.29 is 23.5 Å². The first-order chi connectivity index (χ1) is 13.5. The van der Waals surface area contributed by atoms with Crippen LogP contribution in [-0.2, 0) is 9.59 Å². The lowest BCUT2D eigenvalue weighted by molar-refractivity contribution is -0.143. The second-order valence-electron chi connectivity index (χ2n) is 7.08. The van der Waals surface area contributed by atoms with E-state index in [1.165, 1.54) is 12.1 Å². The van der Waals surface area contributed by atoms with Gasteiger partial charge in [0, 0.05) is 23.2 Å². The molecule has 0 unspecified atom stereocenters. The monoisotopic (exact) mass is 382 g/mol. The van der Waals surface area contributed by atoms with Crippen LogP contribution in [-0.4, -0.2) is 22.0 Å². The summed E-state index contributed by atoms with van der Waals surface area (Å²) in [6.07, 6.45) is 2.19. The molecule has 0 spiro atoms. The third-order valence-corrected chi connectivity index (χ3v) is 5.19. The molecule has 2 aromatic carbocycles. The van der Waals surface area contributed by atoms with Gasteiger partial charge in [0.2, 0.25) is 11.8 Å². The molecule has 0 bridgehead atoms. The number of aliphatic carboxylic acids is 1. The molecule has 0 aliphatic heterocycles. The van der Waals surface area contributed by atoms with Crippen molar-refractivity contribution in [1.29, 1.82) is 0 Å². The van der Waals surface area contributed by atoms with Gasteiger partial charge >= 0.3 is 5.97 Å². The molecule has 144 valence electrons. The van der Waals surface area contributed by atoms with E-state index in [0.717, 1.165) is 0 Å². The average Bonchev–Trinajstić information content (AvgIpc) is 3.12. The normalized spacial score (nSPS) is 19.5. The molecule has 4 rings (SSSR count). The van der Waals surface area contributed by atoms with Crippen LogP contribution in [0.25, 0.3) is 22.6 Å². The highest BCUT2D eigenvalue weighted by Crippen LogP contribution is 2.31. The molecule has 0 saturated heterocycles. The van der Waals surface area contributed by atoms with E-state index in [9.17, 15) is 14.0 Å². The van der Waals surface area contributed by atoms with Crippen LogP contribution < -0.4 is 5.32 Å². The molecule has 1 aromatic heterocycles. The van der Waals surface area contributed by atoms with Crippen LogP contribution in [0.1, 0.15) is 25.7 Å². The maximum Gasteiger partial charge on any atom is 0.306 e. The van der Waals surface area contributed by atoms with Gasteiger partial charge in [-0.25, -0.2) is 9.37 Å². The Balaban J connectivity index is 1.47. The number of anilines is 1. The Kier molecular flexibility index (Phi) is 4.81. The number of aromatic nitrogens is 1. The largest absolute Gasteiger partial charge is 0.481 e. The molecule has 1 aliphatic carbocycles. The highest BCUT2D eigenvalue weighted by Gasteiger charge is 2.29. The van der Waals surface area contributed by atoms with Crippen LogP contribution >= 0.6 is 0 Å². The van der Waals surface area contributed by atoms with Crippen molar-refractivity contribution in [3.8, 4) is 11.5 Å². The number of hydrogen-bond donors (Lipinski definition) is 2. The second-order valence-corrected chi connectivity index (χ2v) is 7.08. The molecule has 1 fully saturated rings. The van der Waals surface area contributed by atoms with E-state index in [1.807, 2.05) is 0 Å². The van der Waals surface area contributed by atoms with E-state index >= 15 is 0 Å². The van der Waals surface area contributed by atoms with Gasteiger partial charge < -0.3 is 14.8 Å². The summed E-state index contributed by atoms with van der Waals surface area (Å²) in [5, 5.41) is 11.9. The van der Waals surface area contributed by atoms with Gasteiger partial charge in [-0.1, -0.05) is 0 Å². The third-order valence-electron chi connectivity index (χ3n) is 5.19. The number of carbonyl (C=O) groups excluding carboxylic acids is 1. The zero-order chi connectivity index (χ0) is 19.7. The molecule has 1 aliphatic rings. The number of oxazole rings is 1. The van der Waals surface area contributed by atoms with Crippen molar-refractivity contribution in [2.75, 3.05) is 5.32 Å². The Bertz CT molecular complexity index is 1020. The number of hydrogen-bond acceptors (Lipinski definition) is 4. The number of halogens is 1. The summed E-state index contributed by atoms with van der Waals surface area (Å²) in [6, 6.07) is 11.1. The SMILES string of the molecule is O=C(O)C1CCC(C(=O)Nc2ccc3nc(-c4ccc(F)cc4)oc3c2)CC1. The Morgan fingerprint density at radius 2 is 1.71 bits per heavy atom. The lowest BCUT2D eigenvalue weighted by Crippen LogP contribution is -2.29. The lowest BCUT2D eigenvalue weighted by atomic mass is 9.81. The van der Waals surface area contributed by atoms with Crippen LogP contribution in [0.5, 0.6) is 0 Å². The van der Waals surface area contributed by atoms with Gasteiger partial charge in [0.25, 0.3) is 0 Å². The summed E-state index contributed by atoms with van der Waals surface area (Å²) in [5.74, 6) is -1.38. The number of rotatable bonds is 4. The van der Waals surface area contributed by atoms with Crippen molar-refractivity contribution in [2.45, 2.75) is 25.7 Å². The standard InChI is InChI=1S/C21H19FN2O4/c22-15-7-5-13(6-8-15)20-24-17-10-9-16(11-18(17)28-20)23-19(25)12-1-3-14(4-2-12)21(26)27/h5-12,14H,1-4H2,(H,23,25)(H,26,27). The molecule has 1 heterocycles. The highest BCUT2D eigenvalue weighted by molar-refractivity contribution is 5.94. The summed E-state index contributed by atoms with van der Waals surface area (Å²) in [7, 11) is 0. The minimum absolute atomic E-state index is 0.110. The quantitative estimate of drug-likeness (QED) is 0.695. The number of carboxylic acids is 1. The van der Waals surface area contributed by atoms with E-state index in [-0.39, 0.29) is 23.6 Å². The molecule has 0 atom stereocenters. The fourth-order valence-corrected chi connectivity index (χ4v) is 3.57. The molecule has 1 saturated carbocycles. The van der Waals surface area contributed by atoms with Crippen LogP contribution in [0, 0.1) is 17.7 Å². The molecule has 3 aromatic rings. The highest BCUT2D eigenvalue weighted by atomic mass is 19.1. The first-order valence-electron chi connectivity index (χ1n) is 9.20. The predicted molar refractivity (Wildman–Crippen MR) is 101 cm³/mol. The van der Waals surface area contributed by atoms with Gasteiger partial charge in [0.1, 0.15) is 11.3 Å². The molecule has 2 N–H and O–H groups in total. The Labute approximate surface area is 160 Å².